The van der Waals surface area contributed by atoms with Gasteiger partial charge in [-0.1, -0.05) is 24.3 Å². The third-order valence-electron chi connectivity index (χ3n) is 4.98. The van der Waals surface area contributed by atoms with Crippen LogP contribution in [0.3, 0.4) is 0 Å². The van der Waals surface area contributed by atoms with Crippen molar-refractivity contribution >= 4 is 22.6 Å². The van der Waals surface area contributed by atoms with Crippen LogP contribution in [0.1, 0.15) is 23.1 Å². The fourth-order valence-electron chi connectivity index (χ4n) is 3.55. The van der Waals surface area contributed by atoms with Gasteiger partial charge in [0, 0.05) is 12.6 Å². The van der Waals surface area contributed by atoms with Crippen molar-refractivity contribution in [3.05, 3.63) is 59.4 Å². The molecule has 0 aliphatic carbocycles. The number of nitrogens with zero attached hydrogens (tertiary/aromatic N) is 3. The molecule has 0 radical (unpaired) electrons. The first kappa shape index (κ1) is 19.3. The van der Waals surface area contributed by atoms with Gasteiger partial charge in [-0.05, 0) is 18.2 Å². The molecular weight excluding hydrogens is 397 g/mol. The van der Waals surface area contributed by atoms with E-state index in [2.05, 4.69) is 4.98 Å². The first-order valence-electron chi connectivity index (χ1n) is 8.51. The summed E-state index contributed by atoms with van der Waals surface area (Å²) in [7, 11) is 1.65. The molecule has 0 fully saturated rings. The summed E-state index contributed by atoms with van der Waals surface area (Å²) >= 11 is 0. The zero-order valence-corrected chi connectivity index (χ0v) is 14.9. The van der Waals surface area contributed by atoms with Crippen LogP contribution in [0.2, 0.25) is 0 Å². The highest BCUT2D eigenvalue weighted by molar-refractivity contribution is 6.06. The van der Waals surface area contributed by atoms with Crippen LogP contribution in [0, 0.1) is 0 Å². The van der Waals surface area contributed by atoms with E-state index in [1.54, 1.807) is 35.9 Å². The second-order valence-electron chi connectivity index (χ2n) is 6.73. The highest BCUT2D eigenvalue weighted by Gasteiger charge is 2.56. The van der Waals surface area contributed by atoms with E-state index in [9.17, 15) is 31.9 Å². The van der Waals surface area contributed by atoms with Crippen LogP contribution in [0.25, 0.3) is 11.0 Å². The molecule has 1 N–H and O–H groups in total. The molecule has 1 aromatic heterocycles. The zero-order chi connectivity index (χ0) is 21.1. The van der Waals surface area contributed by atoms with E-state index in [1.165, 1.54) is 0 Å². The van der Waals surface area contributed by atoms with Crippen molar-refractivity contribution in [2.24, 2.45) is 7.05 Å². The normalized spacial score (nSPS) is 17.1. The lowest BCUT2D eigenvalue weighted by atomic mass is 9.97. The van der Waals surface area contributed by atoms with Crippen LogP contribution in [-0.2, 0) is 24.3 Å². The number of rotatable bonds is 3. The van der Waals surface area contributed by atoms with Crippen molar-refractivity contribution in [1.29, 1.82) is 0 Å². The van der Waals surface area contributed by atoms with Gasteiger partial charge in [0.25, 0.3) is 0 Å². The second kappa shape index (κ2) is 6.24. The Bertz CT molecular complexity index is 1120. The lowest BCUT2D eigenvalue weighted by Gasteiger charge is -2.19. The summed E-state index contributed by atoms with van der Waals surface area (Å²) in [6.45, 7) is -0.363. The highest BCUT2D eigenvalue weighted by atomic mass is 19.4. The predicted octanol–water partition coefficient (Wildman–Crippen LogP) is 3.81. The monoisotopic (exact) mass is 411 g/mol. The number of imidazole rings is 1. The first-order chi connectivity index (χ1) is 13.5. The topological polar surface area (TPSA) is 58.4 Å². The number of carbonyl (C=O) groups is 1. The molecule has 2 heterocycles. The van der Waals surface area contributed by atoms with Crippen LogP contribution < -0.4 is 4.90 Å². The SMILES string of the molecule is Cn1c(CN2C(=O)C(F)(F)c3c([C@@H](O)C(F)(F)F)cccc32)nc2ccccc21. The average Bonchev–Trinajstić information content (AvgIpc) is 3.08. The molecule has 1 atom stereocenters. The minimum Gasteiger partial charge on any atom is -0.379 e. The number of anilines is 1. The van der Waals surface area contributed by atoms with Gasteiger partial charge in [-0.2, -0.15) is 22.0 Å². The summed E-state index contributed by atoms with van der Waals surface area (Å²) in [5.41, 5.74) is -1.26. The molecule has 0 spiro atoms. The number of aliphatic hydroxyl groups is 1. The molecule has 2 aromatic carbocycles. The van der Waals surface area contributed by atoms with E-state index in [-0.39, 0.29) is 18.1 Å². The number of hydrogen-bond donors (Lipinski definition) is 1. The van der Waals surface area contributed by atoms with Crippen LogP contribution >= 0.6 is 0 Å². The Balaban J connectivity index is 1.82. The third kappa shape index (κ3) is 2.86. The Hall–Kier alpha value is -3.01. The molecule has 0 saturated heterocycles. The molecule has 5 nitrogen and oxygen atoms in total. The summed E-state index contributed by atoms with van der Waals surface area (Å²) in [5.74, 6) is -5.59. The van der Waals surface area contributed by atoms with Gasteiger partial charge in [0.05, 0.1) is 28.8 Å². The molecular formula is C19H14F5N3O2. The molecule has 3 aromatic rings. The number of aryl methyl sites for hydroxylation is 1. The number of aromatic nitrogens is 2. The van der Waals surface area contributed by atoms with Gasteiger partial charge in [-0.15, -0.1) is 0 Å². The van der Waals surface area contributed by atoms with Gasteiger partial charge in [0.15, 0.2) is 6.10 Å². The van der Waals surface area contributed by atoms with Crippen LogP contribution in [0.4, 0.5) is 27.6 Å². The van der Waals surface area contributed by atoms with Crippen molar-refractivity contribution in [2.75, 3.05) is 4.90 Å². The molecule has 4 rings (SSSR count). The minimum atomic E-state index is -5.15. The van der Waals surface area contributed by atoms with Crippen LogP contribution in [-0.4, -0.2) is 26.7 Å². The van der Waals surface area contributed by atoms with Gasteiger partial charge in [0.1, 0.15) is 5.82 Å². The van der Waals surface area contributed by atoms with Crippen molar-refractivity contribution in [3.8, 4) is 0 Å². The summed E-state index contributed by atoms with van der Waals surface area (Å²) in [5, 5.41) is 9.55. The summed E-state index contributed by atoms with van der Waals surface area (Å²) in [6.07, 6.45) is -8.29. The third-order valence-corrected chi connectivity index (χ3v) is 4.98. The number of amides is 1. The number of aliphatic hydroxyl groups excluding tert-OH is 1. The number of halogens is 5. The first-order valence-corrected chi connectivity index (χ1v) is 8.51. The van der Waals surface area contributed by atoms with E-state index in [4.69, 9.17) is 0 Å². The quantitative estimate of drug-likeness (QED) is 0.667. The van der Waals surface area contributed by atoms with Crippen molar-refractivity contribution in [2.45, 2.75) is 24.7 Å². The summed E-state index contributed by atoms with van der Waals surface area (Å²) < 4.78 is 69.9. The van der Waals surface area contributed by atoms with Gasteiger partial charge in [0.2, 0.25) is 0 Å². The molecule has 1 aliphatic heterocycles. The van der Waals surface area contributed by atoms with Gasteiger partial charge >= 0.3 is 18.0 Å². The van der Waals surface area contributed by atoms with Crippen molar-refractivity contribution in [1.82, 2.24) is 9.55 Å². The smallest absolute Gasteiger partial charge is 0.379 e. The van der Waals surface area contributed by atoms with Crippen molar-refractivity contribution in [3.63, 3.8) is 0 Å². The molecule has 29 heavy (non-hydrogen) atoms. The van der Waals surface area contributed by atoms with E-state index >= 15 is 0 Å². The average molecular weight is 411 g/mol. The fourth-order valence-corrected chi connectivity index (χ4v) is 3.55. The molecule has 10 heteroatoms. The maximum Gasteiger partial charge on any atom is 0.418 e. The fraction of sp³-hybridized carbons (Fsp3) is 0.263. The Morgan fingerprint density at radius 3 is 2.48 bits per heavy atom. The number of alkyl halides is 5. The molecule has 1 aliphatic rings. The zero-order valence-electron chi connectivity index (χ0n) is 14.9. The number of benzene rings is 2. The van der Waals surface area contributed by atoms with E-state index in [0.29, 0.717) is 15.9 Å². The molecule has 152 valence electrons. The number of fused-ring (bicyclic) bond motifs is 2. The Kier molecular flexibility index (Phi) is 4.16. The van der Waals surface area contributed by atoms with Crippen LogP contribution in [0.5, 0.6) is 0 Å². The standard InChI is InChI=1S/C19H14F5N3O2/c1-26-12-7-3-2-6-11(12)25-14(26)9-27-13-8-4-5-10(16(28)19(22,23)24)15(13)18(20,21)17(27)29/h2-8,16,28H,9H2,1H3/t16-/m1/s1. The number of hydrogen-bond acceptors (Lipinski definition) is 3. The largest absolute Gasteiger partial charge is 0.418 e. The van der Waals surface area contributed by atoms with Gasteiger partial charge in [-0.3, -0.25) is 9.69 Å². The Labute approximate surface area is 161 Å². The molecule has 1 amide bonds. The Morgan fingerprint density at radius 1 is 1.14 bits per heavy atom. The lowest BCUT2D eigenvalue weighted by molar-refractivity contribution is -0.207. The predicted molar refractivity (Wildman–Crippen MR) is 93.3 cm³/mol. The second-order valence-corrected chi connectivity index (χ2v) is 6.73. The highest BCUT2D eigenvalue weighted by Crippen LogP contribution is 2.49. The number of carbonyl (C=O) groups excluding carboxylic acids is 1. The Morgan fingerprint density at radius 2 is 1.83 bits per heavy atom. The van der Waals surface area contributed by atoms with Gasteiger partial charge < -0.3 is 9.67 Å². The molecule has 0 unspecified atom stereocenters. The molecule has 0 saturated carbocycles. The van der Waals surface area contributed by atoms with Crippen LogP contribution in [0.15, 0.2) is 42.5 Å². The summed E-state index contributed by atoms with van der Waals surface area (Å²) in [4.78, 5) is 17.4. The lowest BCUT2D eigenvalue weighted by Crippen LogP contribution is -2.35. The molecule has 0 bridgehead atoms. The van der Waals surface area contributed by atoms with Crippen molar-refractivity contribution < 1.29 is 31.9 Å². The minimum absolute atomic E-state index is 0.282. The van der Waals surface area contributed by atoms with Gasteiger partial charge in [-0.25, -0.2) is 4.98 Å². The van der Waals surface area contributed by atoms with E-state index in [1.807, 2.05) is 0 Å². The maximum atomic E-state index is 14.7. The van der Waals surface area contributed by atoms with E-state index in [0.717, 1.165) is 18.2 Å². The maximum absolute atomic E-state index is 14.7. The summed E-state index contributed by atoms with van der Waals surface area (Å²) in [6, 6.07) is 9.96. The van der Waals surface area contributed by atoms with E-state index < -0.39 is 35.2 Å². The number of para-hydroxylation sites is 2.